The lowest BCUT2D eigenvalue weighted by Crippen LogP contribution is -2.33. The second-order valence-corrected chi connectivity index (χ2v) is 6.57. The Balaban J connectivity index is 1.54. The number of nitrogens with one attached hydrogen (secondary N) is 1. The monoisotopic (exact) mass is 311 g/mol. The highest BCUT2D eigenvalue weighted by Crippen LogP contribution is 2.39. The first-order valence-corrected chi connectivity index (χ1v) is 8.31. The first-order valence-electron chi connectivity index (χ1n) is 8.31. The van der Waals surface area contributed by atoms with Gasteiger partial charge in [0.1, 0.15) is 5.82 Å². The third kappa shape index (κ3) is 2.62. The van der Waals surface area contributed by atoms with Gasteiger partial charge >= 0.3 is 0 Å². The largest absolute Gasteiger partial charge is 0.342 e. The minimum Gasteiger partial charge on any atom is -0.342 e. The quantitative estimate of drug-likeness (QED) is 0.945. The predicted octanol–water partition coefficient (Wildman–Crippen LogP) is 2.43. The van der Waals surface area contributed by atoms with Gasteiger partial charge in [-0.25, -0.2) is 0 Å². The molecule has 1 saturated carbocycles. The standard InChI is InChI=1S/C17H21N5O/c1-10-13(7-8-14(18-10)12-5-6-12)17(23)19-15-4-3-9-22-11(2)20-21-16(15)22/h7-8,12,15H,3-6,9H2,1-2H3,(H,19,23)/t15-/m0/s1. The van der Waals surface area contributed by atoms with E-state index in [2.05, 4.69) is 25.1 Å². The molecule has 6 heteroatoms. The first kappa shape index (κ1) is 14.4. The molecule has 0 spiro atoms. The predicted molar refractivity (Wildman–Crippen MR) is 85.1 cm³/mol. The normalized spacial score (nSPS) is 20.2. The Morgan fingerprint density at radius 2 is 2.04 bits per heavy atom. The Morgan fingerprint density at radius 3 is 2.78 bits per heavy atom. The Hall–Kier alpha value is -2.24. The topological polar surface area (TPSA) is 72.7 Å². The van der Waals surface area contributed by atoms with Crippen LogP contribution in [0.2, 0.25) is 0 Å². The number of hydrogen-bond acceptors (Lipinski definition) is 4. The maximum atomic E-state index is 12.6. The number of fused-ring (bicyclic) bond motifs is 1. The summed E-state index contributed by atoms with van der Waals surface area (Å²) in [4.78, 5) is 17.2. The van der Waals surface area contributed by atoms with Gasteiger partial charge in [0.15, 0.2) is 5.82 Å². The first-order chi connectivity index (χ1) is 11.1. The van der Waals surface area contributed by atoms with E-state index in [1.807, 2.05) is 26.0 Å². The molecule has 1 aliphatic heterocycles. The fourth-order valence-corrected chi connectivity index (χ4v) is 3.31. The van der Waals surface area contributed by atoms with Gasteiger partial charge in [-0.05, 0) is 51.7 Å². The van der Waals surface area contributed by atoms with Crippen LogP contribution in [0.15, 0.2) is 12.1 Å². The molecule has 1 fully saturated rings. The van der Waals surface area contributed by atoms with E-state index in [9.17, 15) is 4.79 Å². The lowest BCUT2D eigenvalue weighted by atomic mass is 10.1. The number of aryl methyl sites for hydroxylation is 2. The zero-order chi connectivity index (χ0) is 16.0. The van der Waals surface area contributed by atoms with Crippen molar-refractivity contribution in [1.82, 2.24) is 25.1 Å². The smallest absolute Gasteiger partial charge is 0.253 e. The summed E-state index contributed by atoms with van der Waals surface area (Å²) >= 11 is 0. The van der Waals surface area contributed by atoms with Crippen molar-refractivity contribution in [3.05, 3.63) is 40.7 Å². The Bertz CT molecular complexity index is 762. The van der Waals surface area contributed by atoms with Crippen LogP contribution in [0.4, 0.5) is 0 Å². The molecule has 0 radical (unpaired) electrons. The number of aromatic nitrogens is 4. The van der Waals surface area contributed by atoms with Crippen LogP contribution in [0.5, 0.6) is 0 Å². The molecule has 0 unspecified atom stereocenters. The summed E-state index contributed by atoms with van der Waals surface area (Å²) < 4.78 is 2.09. The van der Waals surface area contributed by atoms with Gasteiger partial charge in [-0.1, -0.05) is 0 Å². The summed E-state index contributed by atoms with van der Waals surface area (Å²) in [5.41, 5.74) is 2.58. The van der Waals surface area contributed by atoms with Crippen LogP contribution in [0, 0.1) is 13.8 Å². The molecule has 0 saturated heterocycles. The summed E-state index contributed by atoms with van der Waals surface area (Å²) in [6.07, 6.45) is 4.36. The van der Waals surface area contributed by atoms with Gasteiger partial charge in [0, 0.05) is 18.2 Å². The van der Waals surface area contributed by atoms with Gasteiger partial charge < -0.3 is 9.88 Å². The second kappa shape index (κ2) is 5.44. The van der Waals surface area contributed by atoms with E-state index in [1.165, 1.54) is 12.8 Å². The maximum absolute atomic E-state index is 12.6. The van der Waals surface area contributed by atoms with Gasteiger partial charge in [0.2, 0.25) is 0 Å². The van der Waals surface area contributed by atoms with E-state index in [-0.39, 0.29) is 11.9 Å². The molecule has 23 heavy (non-hydrogen) atoms. The lowest BCUT2D eigenvalue weighted by Gasteiger charge is -2.24. The van der Waals surface area contributed by atoms with Crippen molar-refractivity contribution in [1.29, 1.82) is 0 Å². The van der Waals surface area contributed by atoms with E-state index < -0.39 is 0 Å². The molecule has 0 bridgehead atoms. The molecule has 2 aromatic heterocycles. The van der Waals surface area contributed by atoms with Crippen molar-refractivity contribution in [3.63, 3.8) is 0 Å². The minimum absolute atomic E-state index is 0.0695. The van der Waals surface area contributed by atoms with E-state index in [0.29, 0.717) is 11.5 Å². The summed E-state index contributed by atoms with van der Waals surface area (Å²) in [7, 11) is 0. The van der Waals surface area contributed by atoms with Crippen LogP contribution >= 0.6 is 0 Å². The molecular formula is C17H21N5O. The van der Waals surface area contributed by atoms with Crippen molar-refractivity contribution in [2.24, 2.45) is 0 Å². The van der Waals surface area contributed by atoms with Crippen LogP contribution in [0.25, 0.3) is 0 Å². The average molecular weight is 311 g/mol. The summed E-state index contributed by atoms with van der Waals surface area (Å²) in [5, 5.41) is 11.5. The Kier molecular flexibility index (Phi) is 3.39. The molecule has 1 aliphatic carbocycles. The number of nitrogens with zero attached hydrogens (tertiary/aromatic N) is 4. The molecule has 2 aliphatic rings. The van der Waals surface area contributed by atoms with E-state index in [0.717, 1.165) is 42.4 Å². The number of carbonyl (C=O) groups is 1. The fourth-order valence-electron chi connectivity index (χ4n) is 3.31. The molecule has 0 aromatic carbocycles. The molecule has 1 amide bonds. The zero-order valence-corrected chi connectivity index (χ0v) is 13.5. The second-order valence-electron chi connectivity index (χ2n) is 6.57. The molecule has 6 nitrogen and oxygen atoms in total. The Labute approximate surface area is 135 Å². The molecule has 4 rings (SSSR count). The Morgan fingerprint density at radius 1 is 1.22 bits per heavy atom. The molecule has 2 aromatic rings. The van der Waals surface area contributed by atoms with Crippen LogP contribution in [0.1, 0.15) is 71.0 Å². The number of amides is 1. The molecule has 3 heterocycles. The fraction of sp³-hybridized carbons (Fsp3) is 0.529. The molecule has 1 N–H and O–H groups in total. The van der Waals surface area contributed by atoms with Crippen molar-refractivity contribution in [2.75, 3.05) is 0 Å². The van der Waals surface area contributed by atoms with Gasteiger partial charge in [-0.15, -0.1) is 10.2 Å². The number of pyridine rings is 1. The van der Waals surface area contributed by atoms with Crippen molar-refractivity contribution in [2.45, 2.75) is 58.0 Å². The van der Waals surface area contributed by atoms with Crippen LogP contribution in [-0.2, 0) is 6.54 Å². The van der Waals surface area contributed by atoms with Crippen molar-refractivity contribution in [3.8, 4) is 0 Å². The van der Waals surface area contributed by atoms with Crippen molar-refractivity contribution < 1.29 is 4.79 Å². The minimum atomic E-state index is -0.0727. The van der Waals surface area contributed by atoms with Gasteiger partial charge in [-0.2, -0.15) is 0 Å². The highest BCUT2D eigenvalue weighted by molar-refractivity contribution is 5.95. The van der Waals surface area contributed by atoms with Crippen LogP contribution < -0.4 is 5.32 Å². The van der Waals surface area contributed by atoms with Crippen LogP contribution in [0.3, 0.4) is 0 Å². The number of hydrogen-bond donors (Lipinski definition) is 1. The highest BCUT2D eigenvalue weighted by Gasteiger charge is 2.28. The number of rotatable bonds is 3. The summed E-state index contributed by atoms with van der Waals surface area (Å²) in [5.74, 6) is 2.30. The van der Waals surface area contributed by atoms with Gasteiger partial charge in [0.25, 0.3) is 5.91 Å². The highest BCUT2D eigenvalue weighted by atomic mass is 16.1. The van der Waals surface area contributed by atoms with Crippen molar-refractivity contribution >= 4 is 5.91 Å². The van der Waals surface area contributed by atoms with E-state index >= 15 is 0 Å². The SMILES string of the molecule is Cc1nc(C2CC2)ccc1C(=O)N[C@H]1CCCn2c(C)nnc21. The van der Waals surface area contributed by atoms with Gasteiger partial charge in [-0.3, -0.25) is 9.78 Å². The third-order valence-corrected chi connectivity index (χ3v) is 4.80. The zero-order valence-electron chi connectivity index (χ0n) is 13.5. The molecule has 1 atom stereocenters. The van der Waals surface area contributed by atoms with E-state index in [1.54, 1.807) is 0 Å². The summed E-state index contributed by atoms with van der Waals surface area (Å²) in [6.45, 7) is 4.79. The lowest BCUT2D eigenvalue weighted by molar-refractivity contribution is 0.0926. The molecular weight excluding hydrogens is 290 g/mol. The van der Waals surface area contributed by atoms with Gasteiger partial charge in [0.05, 0.1) is 17.3 Å². The maximum Gasteiger partial charge on any atom is 0.253 e. The number of carbonyl (C=O) groups excluding carboxylic acids is 1. The molecule has 120 valence electrons. The average Bonchev–Trinajstić information content (AvgIpc) is 3.32. The summed E-state index contributed by atoms with van der Waals surface area (Å²) in [6, 6.07) is 3.83. The van der Waals surface area contributed by atoms with Crippen LogP contribution in [-0.4, -0.2) is 25.7 Å². The third-order valence-electron chi connectivity index (χ3n) is 4.80. The van der Waals surface area contributed by atoms with E-state index in [4.69, 9.17) is 0 Å².